The van der Waals surface area contributed by atoms with Crippen molar-refractivity contribution in [2.75, 3.05) is 33.2 Å². The summed E-state index contributed by atoms with van der Waals surface area (Å²) >= 11 is 0. The SMILES string of the molecule is CC(C)CNCC1(CN(C)CC(C)C)CCCCC1. The van der Waals surface area contributed by atoms with Gasteiger partial charge >= 0.3 is 0 Å². The van der Waals surface area contributed by atoms with Crippen LogP contribution < -0.4 is 5.32 Å². The monoisotopic (exact) mass is 268 g/mol. The highest BCUT2D eigenvalue weighted by atomic mass is 15.1. The molecular weight excluding hydrogens is 232 g/mol. The van der Waals surface area contributed by atoms with Crippen LogP contribution in [0.3, 0.4) is 0 Å². The van der Waals surface area contributed by atoms with E-state index in [1.165, 1.54) is 51.7 Å². The van der Waals surface area contributed by atoms with Gasteiger partial charge in [-0.1, -0.05) is 47.0 Å². The molecule has 0 unspecified atom stereocenters. The van der Waals surface area contributed by atoms with Gasteiger partial charge in [0.05, 0.1) is 0 Å². The van der Waals surface area contributed by atoms with Crippen LogP contribution in [0.5, 0.6) is 0 Å². The summed E-state index contributed by atoms with van der Waals surface area (Å²) < 4.78 is 0. The number of nitrogens with one attached hydrogen (secondary N) is 1. The minimum absolute atomic E-state index is 0.538. The van der Waals surface area contributed by atoms with Gasteiger partial charge in [-0.25, -0.2) is 0 Å². The van der Waals surface area contributed by atoms with Gasteiger partial charge in [0.1, 0.15) is 0 Å². The Morgan fingerprint density at radius 3 is 2.16 bits per heavy atom. The molecule has 0 spiro atoms. The molecule has 1 aliphatic carbocycles. The van der Waals surface area contributed by atoms with E-state index in [1.807, 2.05) is 0 Å². The number of nitrogens with zero attached hydrogens (tertiary/aromatic N) is 1. The molecular formula is C17H36N2. The Hall–Kier alpha value is -0.0800. The molecule has 2 nitrogen and oxygen atoms in total. The second-order valence-electron chi connectivity index (χ2n) is 7.68. The Morgan fingerprint density at radius 1 is 1.00 bits per heavy atom. The molecule has 19 heavy (non-hydrogen) atoms. The Bertz CT molecular complexity index is 229. The van der Waals surface area contributed by atoms with Gasteiger partial charge in [0.2, 0.25) is 0 Å². The summed E-state index contributed by atoms with van der Waals surface area (Å²) in [6.07, 6.45) is 7.14. The maximum absolute atomic E-state index is 3.73. The molecule has 0 heterocycles. The lowest BCUT2D eigenvalue weighted by molar-refractivity contribution is 0.110. The summed E-state index contributed by atoms with van der Waals surface area (Å²) in [5.74, 6) is 1.53. The molecule has 0 aromatic heterocycles. The zero-order chi connectivity index (χ0) is 14.3. The first-order chi connectivity index (χ1) is 8.93. The highest BCUT2D eigenvalue weighted by molar-refractivity contribution is 4.87. The fraction of sp³-hybridized carbons (Fsp3) is 1.00. The first-order valence-electron chi connectivity index (χ1n) is 8.33. The van der Waals surface area contributed by atoms with Crippen LogP contribution in [0.2, 0.25) is 0 Å². The first-order valence-corrected chi connectivity index (χ1v) is 8.33. The molecule has 0 aromatic rings. The van der Waals surface area contributed by atoms with E-state index in [1.54, 1.807) is 0 Å². The van der Waals surface area contributed by atoms with Crippen molar-refractivity contribution in [2.45, 2.75) is 59.8 Å². The van der Waals surface area contributed by atoms with Crippen LogP contribution in [0.4, 0.5) is 0 Å². The number of rotatable bonds is 8. The maximum Gasteiger partial charge on any atom is 0.00472 e. The normalized spacial score (nSPS) is 19.6. The second-order valence-corrected chi connectivity index (χ2v) is 7.68. The molecule has 0 aliphatic heterocycles. The summed E-state index contributed by atoms with van der Waals surface area (Å²) in [6, 6.07) is 0. The molecule has 0 aromatic carbocycles. The minimum Gasteiger partial charge on any atom is -0.316 e. The topological polar surface area (TPSA) is 15.3 Å². The van der Waals surface area contributed by atoms with Crippen molar-refractivity contribution in [3.63, 3.8) is 0 Å². The van der Waals surface area contributed by atoms with Crippen LogP contribution in [-0.4, -0.2) is 38.1 Å². The van der Waals surface area contributed by atoms with Crippen molar-refractivity contribution < 1.29 is 0 Å². The Balaban J connectivity index is 2.49. The van der Waals surface area contributed by atoms with Crippen LogP contribution in [-0.2, 0) is 0 Å². The van der Waals surface area contributed by atoms with E-state index in [2.05, 4.69) is 45.0 Å². The molecule has 2 heteroatoms. The van der Waals surface area contributed by atoms with Gasteiger partial charge in [0.25, 0.3) is 0 Å². The highest BCUT2D eigenvalue weighted by Crippen LogP contribution is 2.36. The average molecular weight is 268 g/mol. The molecule has 1 saturated carbocycles. The molecule has 0 radical (unpaired) electrons. The van der Waals surface area contributed by atoms with Crippen molar-refractivity contribution >= 4 is 0 Å². The number of hydrogen-bond acceptors (Lipinski definition) is 2. The predicted octanol–water partition coefficient (Wildman–Crippen LogP) is 3.77. The van der Waals surface area contributed by atoms with Gasteiger partial charge in [-0.05, 0) is 43.7 Å². The molecule has 0 atom stereocenters. The van der Waals surface area contributed by atoms with Crippen LogP contribution in [0, 0.1) is 17.3 Å². The van der Waals surface area contributed by atoms with Crippen LogP contribution in [0.15, 0.2) is 0 Å². The lowest BCUT2D eigenvalue weighted by Crippen LogP contribution is -2.45. The van der Waals surface area contributed by atoms with Crippen molar-refractivity contribution in [3.05, 3.63) is 0 Å². The van der Waals surface area contributed by atoms with E-state index in [0.717, 1.165) is 18.4 Å². The zero-order valence-electron chi connectivity index (χ0n) is 14.0. The third-order valence-corrected chi connectivity index (χ3v) is 4.25. The van der Waals surface area contributed by atoms with Crippen molar-refractivity contribution in [1.29, 1.82) is 0 Å². The van der Waals surface area contributed by atoms with E-state index >= 15 is 0 Å². The van der Waals surface area contributed by atoms with Gasteiger partial charge in [-0.2, -0.15) is 0 Å². The van der Waals surface area contributed by atoms with Gasteiger partial charge in [0.15, 0.2) is 0 Å². The fourth-order valence-electron chi connectivity index (χ4n) is 3.58. The molecule has 0 amide bonds. The van der Waals surface area contributed by atoms with E-state index in [4.69, 9.17) is 0 Å². The van der Waals surface area contributed by atoms with E-state index < -0.39 is 0 Å². The van der Waals surface area contributed by atoms with Crippen LogP contribution >= 0.6 is 0 Å². The first kappa shape index (κ1) is 17.0. The van der Waals surface area contributed by atoms with Gasteiger partial charge in [0, 0.05) is 19.6 Å². The van der Waals surface area contributed by atoms with Gasteiger partial charge < -0.3 is 10.2 Å². The predicted molar refractivity (Wildman–Crippen MR) is 85.6 cm³/mol. The summed E-state index contributed by atoms with van der Waals surface area (Å²) in [4.78, 5) is 2.56. The summed E-state index contributed by atoms with van der Waals surface area (Å²) in [5.41, 5.74) is 0.538. The third-order valence-electron chi connectivity index (χ3n) is 4.25. The van der Waals surface area contributed by atoms with E-state index in [-0.39, 0.29) is 0 Å². The Labute approximate surface area is 121 Å². The molecule has 1 rings (SSSR count). The summed E-state index contributed by atoms with van der Waals surface area (Å²) in [6.45, 7) is 14.1. The second kappa shape index (κ2) is 8.26. The molecule has 1 fully saturated rings. The van der Waals surface area contributed by atoms with Crippen LogP contribution in [0.1, 0.15) is 59.8 Å². The quantitative estimate of drug-likeness (QED) is 0.721. The van der Waals surface area contributed by atoms with E-state index in [0.29, 0.717) is 5.41 Å². The fourth-order valence-corrected chi connectivity index (χ4v) is 3.58. The Morgan fingerprint density at radius 2 is 1.63 bits per heavy atom. The maximum atomic E-state index is 3.73. The van der Waals surface area contributed by atoms with Crippen LogP contribution in [0.25, 0.3) is 0 Å². The lowest BCUT2D eigenvalue weighted by atomic mass is 9.73. The Kier molecular flexibility index (Phi) is 7.38. The lowest BCUT2D eigenvalue weighted by Gasteiger charge is -2.41. The summed E-state index contributed by atoms with van der Waals surface area (Å²) in [7, 11) is 2.30. The smallest absolute Gasteiger partial charge is 0.00472 e. The standard InChI is InChI=1S/C17H36N2/c1-15(2)11-18-13-17(9-7-6-8-10-17)14-19(5)12-16(3)4/h15-16,18H,6-14H2,1-5H3. The highest BCUT2D eigenvalue weighted by Gasteiger charge is 2.32. The molecule has 114 valence electrons. The van der Waals surface area contributed by atoms with Crippen molar-refractivity contribution in [3.8, 4) is 0 Å². The van der Waals surface area contributed by atoms with Crippen molar-refractivity contribution in [1.82, 2.24) is 10.2 Å². The zero-order valence-corrected chi connectivity index (χ0v) is 14.0. The average Bonchev–Trinajstić information content (AvgIpc) is 2.28. The molecule has 0 bridgehead atoms. The van der Waals surface area contributed by atoms with Crippen molar-refractivity contribution in [2.24, 2.45) is 17.3 Å². The third kappa shape index (κ3) is 6.76. The largest absolute Gasteiger partial charge is 0.316 e. The molecule has 1 aliphatic rings. The molecule has 0 saturated heterocycles. The number of hydrogen-bond donors (Lipinski definition) is 1. The minimum atomic E-state index is 0.538. The summed E-state index contributed by atoms with van der Waals surface area (Å²) in [5, 5.41) is 3.73. The van der Waals surface area contributed by atoms with Gasteiger partial charge in [-0.3, -0.25) is 0 Å². The molecule has 1 N–H and O–H groups in total. The van der Waals surface area contributed by atoms with Gasteiger partial charge in [-0.15, -0.1) is 0 Å². The van der Waals surface area contributed by atoms with E-state index in [9.17, 15) is 0 Å².